The number of aryl methyl sites for hydroxylation is 1. The number of carbonyl (C=O) groups is 2. The van der Waals surface area contributed by atoms with Gasteiger partial charge < -0.3 is 16.2 Å². The maximum atomic E-state index is 12.3. The summed E-state index contributed by atoms with van der Waals surface area (Å²) in [5.74, 6) is -1.55. The van der Waals surface area contributed by atoms with Crippen molar-refractivity contribution >= 4 is 23.3 Å². The van der Waals surface area contributed by atoms with E-state index in [4.69, 9.17) is 16.2 Å². The summed E-state index contributed by atoms with van der Waals surface area (Å²) in [7, 11) is 0. The maximum Gasteiger partial charge on any atom is 0.348 e. The summed E-state index contributed by atoms with van der Waals surface area (Å²) < 4.78 is 4.93. The van der Waals surface area contributed by atoms with Gasteiger partial charge in [0, 0.05) is 11.4 Å². The Kier molecular flexibility index (Phi) is 5.95. The van der Waals surface area contributed by atoms with E-state index in [0.717, 1.165) is 31.2 Å². The number of carbonyl (C=O) groups excluding carboxylic acids is 2. The van der Waals surface area contributed by atoms with Gasteiger partial charge in [0.2, 0.25) is 0 Å². The number of benzene rings is 2. The molecule has 4 N–H and O–H groups in total. The van der Waals surface area contributed by atoms with Gasteiger partial charge in [-0.05, 0) is 36.6 Å². The smallest absolute Gasteiger partial charge is 0.348 e. The highest BCUT2D eigenvalue weighted by atomic mass is 16.6. The Balaban J connectivity index is 2.14. The highest BCUT2D eigenvalue weighted by Gasteiger charge is 2.19. The van der Waals surface area contributed by atoms with Gasteiger partial charge in [0.1, 0.15) is 0 Å². The summed E-state index contributed by atoms with van der Waals surface area (Å²) in [5, 5.41) is 0. The molecule has 0 aliphatic heterocycles. The monoisotopic (exact) mass is 326 g/mol. The van der Waals surface area contributed by atoms with E-state index in [1.165, 1.54) is 6.07 Å². The van der Waals surface area contributed by atoms with Crippen LogP contribution >= 0.6 is 0 Å². The van der Waals surface area contributed by atoms with Crippen molar-refractivity contribution in [3.8, 4) is 0 Å². The quantitative estimate of drug-likeness (QED) is 0.366. The lowest BCUT2D eigenvalue weighted by Crippen LogP contribution is -2.16. The van der Waals surface area contributed by atoms with Crippen LogP contribution in [0.5, 0.6) is 0 Å². The molecule has 2 aromatic rings. The Hall–Kier alpha value is -2.82. The summed E-state index contributed by atoms with van der Waals surface area (Å²) in [4.78, 5) is 24.4. The zero-order valence-corrected chi connectivity index (χ0v) is 13.7. The number of unbranched alkanes of at least 4 members (excludes halogenated alkanes) is 2. The molecule has 0 saturated heterocycles. The van der Waals surface area contributed by atoms with Crippen LogP contribution in [0.25, 0.3) is 0 Å². The molecule has 5 nitrogen and oxygen atoms in total. The molecule has 0 aliphatic carbocycles. The third-order valence-electron chi connectivity index (χ3n) is 3.83. The number of nitrogens with two attached hydrogens (primary N) is 2. The molecule has 0 saturated carbocycles. The first-order valence-electron chi connectivity index (χ1n) is 8.03. The summed E-state index contributed by atoms with van der Waals surface area (Å²) in [6, 6.07) is 11.6. The number of ether oxygens (including phenoxy) is 1. The molecule has 0 bridgehead atoms. The molecule has 0 atom stereocenters. The maximum absolute atomic E-state index is 12.3. The number of para-hydroxylation sites is 2. The van der Waals surface area contributed by atoms with Crippen molar-refractivity contribution in [2.75, 3.05) is 11.5 Å². The molecule has 0 unspecified atom stereocenters. The van der Waals surface area contributed by atoms with Crippen LogP contribution < -0.4 is 11.5 Å². The normalized spacial score (nSPS) is 10.4. The van der Waals surface area contributed by atoms with E-state index in [-0.39, 0.29) is 16.8 Å². The predicted molar refractivity (Wildman–Crippen MR) is 94.7 cm³/mol. The first kappa shape index (κ1) is 17.5. The fraction of sp³-hybridized carbons (Fsp3) is 0.263. The third kappa shape index (κ3) is 4.13. The summed E-state index contributed by atoms with van der Waals surface area (Å²) >= 11 is 0. The van der Waals surface area contributed by atoms with Crippen molar-refractivity contribution in [1.82, 2.24) is 0 Å². The van der Waals surface area contributed by atoms with Gasteiger partial charge in [0.15, 0.2) is 0 Å². The van der Waals surface area contributed by atoms with E-state index >= 15 is 0 Å². The zero-order chi connectivity index (χ0) is 17.5. The molecule has 0 amide bonds. The van der Waals surface area contributed by atoms with Crippen LogP contribution in [0, 0.1) is 0 Å². The van der Waals surface area contributed by atoms with Crippen molar-refractivity contribution in [2.45, 2.75) is 32.6 Å². The van der Waals surface area contributed by atoms with Crippen LogP contribution in [0.15, 0.2) is 42.5 Å². The van der Waals surface area contributed by atoms with Gasteiger partial charge in [-0.3, -0.25) is 0 Å². The van der Waals surface area contributed by atoms with E-state index in [1.807, 2.05) is 6.07 Å². The second-order valence-electron chi connectivity index (χ2n) is 5.60. The van der Waals surface area contributed by atoms with Crippen LogP contribution in [-0.4, -0.2) is 11.9 Å². The first-order chi connectivity index (χ1) is 11.5. The summed E-state index contributed by atoms with van der Waals surface area (Å²) in [5.41, 5.74) is 13.7. The summed E-state index contributed by atoms with van der Waals surface area (Å²) in [6.45, 7) is 2.12. The molecule has 0 spiro atoms. The SMILES string of the molecule is CCCCCc1cccc(C(=O)OC(=O)c2ccccc2N)c1N. The predicted octanol–water partition coefficient (Wildman–Crippen LogP) is 3.58. The summed E-state index contributed by atoms with van der Waals surface area (Å²) in [6.07, 6.45) is 3.99. The highest BCUT2D eigenvalue weighted by molar-refractivity contribution is 6.06. The Morgan fingerprint density at radius 1 is 0.917 bits per heavy atom. The molecule has 24 heavy (non-hydrogen) atoms. The lowest BCUT2D eigenvalue weighted by molar-refractivity contribution is 0.0399. The minimum atomic E-state index is -0.783. The van der Waals surface area contributed by atoms with E-state index < -0.39 is 11.9 Å². The molecule has 0 aromatic heterocycles. The average molecular weight is 326 g/mol. The van der Waals surface area contributed by atoms with Crippen LogP contribution in [0.4, 0.5) is 11.4 Å². The van der Waals surface area contributed by atoms with E-state index in [2.05, 4.69) is 6.92 Å². The number of hydrogen-bond donors (Lipinski definition) is 2. The molecule has 2 rings (SSSR count). The molecule has 5 heteroatoms. The Labute approximate surface area is 141 Å². The van der Waals surface area contributed by atoms with Crippen LogP contribution in [-0.2, 0) is 11.2 Å². The van der Waals surface area contributed by atoms with Gasteiger partial charge in [-0.2, -0.15) is 0 Å². The second-order valence-corrected chi connectivity index (χ2v) is 5.60. The average Bonchev–Trinajstić information content (AvgIpc) is 2.56. The number of nitrogen functional groups attached to an aromatic ring is 2. The van der Waals surface area contributed by atoms with Crippen molar-refractivity contribution in [3.63, 3.8) is 0 Å². The molecule has 126 valence electrons. The number of esters is 2. The van der Waals surface area contributed by atoms with Crippen molar-refractivity contribution < 1.29 is 14.3 Å². The highest BCUT2D eigenvalue weighted by Crippen LogP contribution is 2.22. The largest absolute Gasteiger partial charge is 0.398 e. The van der Waals surface area contributed by atoms with Gasteiger partial charge in [-0.25, -0.2) is 9.59 Å². The van der Waals surface area contributed by atoms with Gasteiger partial charge in [0.05, 0.1) is 11.1 Å². The lowest BCUT2D eigenvalue weighted by Gasteiger charge is -2.10. The van der Waals surface area contributed by atoms with E-state index in [0.29, 0.717) is 5.69 Å². The van der Waals surface area contributed by atoms with Crippen LogP contribution in [0.3, 0.4) is 0 Å². The fourth-order valence-corrected chi connectivity index (χ4v) is 2.45. The van der Waals surface area contributed by atoms with Gasteiger partial charge in [-0.1, -0.05) is 44.0 Å². The molecular formula is C19H22N2O3. The van der Waals surface area contributed by atoms with Gasteiger partial charge in [-0.15, -0.1) is 0 Å². The molecule has 0 radical (unpaired) electrons. The molecule has 0 aliphatic rings. The third-order valence-corrected chi connectivity index (χ3v) is 3.83. The van der Waals surface area contributed by atoms with Crippen molar-refractivity contribution in [3.05, 3.63) is 59.2 Å². The zero-order valence-electron chi connectivity index (χ0n) is 13.7. The first-order valence-corrected chi connectivity index (χ1v) is 8.03. The van der Waals surface area contributed by atoms with Gasteiger partial charge >= 0.3 is 11.9 Å². The van der Waals surface area contributed by atoms with Crippen LogP contribution in [0.1, 0.15) is 52.5 Å². The number of hydrogen-bond acceptors (Lipinski definition) is 5. The molecule has 0 heterocycles. The molecule has 0 fully saturated rings. The molecule has 2 aromatic carbocycles. The topological polar surface area (TPSA) is 95.4 Å². The minimum absolute atomic E-state index is 0.156. The van der Waals surface area contributed by atoms with Crippen molar-refractivity contribution in [2.24, 2.45) is 0 Å². The number of anilines is 2. The van der Waals surface area contributed by atoms with Crippen LogP contribution in [0.2, 0.25) is 0 Å². The van der Waals surface area contributed by atoms with E-state index in [1.54, 1.807) is 30.3 Å². The van der Waals surface area contributed by atoms with E-state index in [9.17, 15) is 9.59 Å². The number of rotatable bonds is 6. The fourth-order valence-electron chi connectivity index (χ4n) is 2.45. The Bertz CT molecular complexity index is 741. The molecular weight excluding hydrogens is 304 g/mol. The minimum Gasteiger partial charge on any atom is -0.398 e. The Morgan fingerprint density at radius 2 is 1.58 bits per heavy atom. The standard InChI is InChI=1S/C19H22N2O3/c1-2-3-4-8-13-9-7-11-15(17(13)21)19(23)24-18(22)14-10-5-6-12-16(14)20/h5-7,9-12H,2-4,8,20-21H2,1H3. The lowest BCUT2D eigenvalue weighted by atomic mass is 10.0. The Morgan fingerprint density at radius 3 is 2.29 bits per heavy atom. The van der Waals surface area contributed by atoms with Crippen molar-refractivity contribution in [1.29, 1.82) is 0 Å². The van der Waals surface area contributed by atoms with Gasteiger partial charge in [0.25, 0.3) is 0 Å². The second kappa shape index (κ2) is 8.15.